The molecule has 0 bridgehead atoms. The molecule has 102 valence electrons. The second-order valence-corrected chi connectivity index (χ2v) is 3.20. The Morgan fingerprint density at radius 1 is 0.722 bits per heavy atom. The first-order chi connectivity index (χ1) is 8.83. The molecule has 0 aromatic heterocycles. The van der Waals surface area contributed by atoms with E-state index in [0.29, 0.717) is 0 Å². The van der Waals surface area contributed by atoms with Gasteiger partial charge in [-0.25, -0.2) is 13.2 Å². The molecule has 0 saturated carbocycles. The van der Waals surface area contributed by atoms with Gasteiger partial charge in [-0.05, 0) is 12.1 Å². The molecule has 0 radical (unpaired) electrons. The number of benzene rings is 1. The van der Waals surface area contributed by atoms with Gasteiger partial charge in [-0.15, -0.1) is 0 Å². The lowest BCUT2D eigenvalue weighted by Gasteiger charge is -2.15. The van der Waals surface area contributed by atoms with Crippen LogP contribution in [0.1, 0.15) is 0 Å². The molecule has 0 heterocycles. The monoisotopic (exact) mass is 264 g/mol. The molecular formula is C12H15F3O3. The van der Waals surface area contributed by atoms with E-state index in [-0.39, 0.29) is 37.1 Å². The van der Waals surface area contributed by atoms with Gasteiger partial charge in [-0.2, -0.15) is 0 Å². The summed E-state index contributed by atoms with van der Waals surface area (Å²) < 4.78 is 51.6. The summed E-state index contributed by atoms with van der Waals surface area (Å²) in [5, 5.41) is 0. The van der Waals surface area contributed by atoms with Crippen molar-refractivity contribution in [2.75, 3.05) is 39.8 Å². The highest BCUT2D eigenvalue weighted by molar-refractivity contribution is 5.51. The van der Waals surface area contributed by atoms with E-state index in [4.69, 9.17) is 14.2 Å². The maximum atomic E-state index is 12.1. The predicted molar refractivity (Wildman–Crippen MR) is 60.9 cm³/mol. The van der Waals surface area contributed by atoms with Crippen LogP contribution in [0.15, 0.2) is 18.2 Å². The fourth-order valence-electron chi connectivity index (χ4n) is 1.30. The zero-order valence-corrected chi connectivity index (χ0v) is 9.83. The maximum absolute atomic E-state index is 12.1. The second kappa shape index (κ2) is 8.49. The van der Waals surface area contributed by atoms with Crippen molar-refractivity contribution in [2.24, 2.45) is 0 Å². The summed E-state index contributed by atoms with van der Waals surface area (Å²) in [7, 11) is 0. The lowest BCUT2D eigenvalue weighted by Crippen LogP contribution is -2.07. The van der Waals surface area contributed by atoms with Crippen molar-refractivity contribution in [1.82, 2.24) is 0 Å². The Morgan fingerprint density at radius 3 is 1.61 bits per heavy atom. The highest BCUT2D eigenvalue weighted by Crippen LogP contribution is 2.37. The highest BCUT2D eigenvalue weighted by atomic mass is 19.1. The summed E-state index contributed by atoms with van der Waals surface area (Å²) in [6, 6.07) is 4.69. The molecule has 3 nitrogen and oxygen atoms in total. The molecule has 0 saturated heterocycles. The smallest absolute Gasteiger partial charge is 0.203 e. The van der Waals surface area contributed by atoms with Crippen LogP contribution < -0.4 is 14.2 Å². The SMILES string of the molecule is FCCOc1cccc(OCCF)c1OCCF. The average molecular weight is 264 g/mol. The van der Waals surface area contributed by atoms with Crippen LogP contribution in [0.2, 0.25) is 0 Å². The minimum Gasteiger partial charge on any atom is -0.487 e. The van der Waals surface area contributed by atoms with Gasteiger partial charge in [-0.3, -0.25) is 0 Å². The Labute approximate surface area is 103 Å². The van der Waals surface area contributed by atoms with Gasteiger partial charge in [0.2, 0.25) is 5.75 Å². The number of ether oxygens (including phenoxy) is 3. The van der Waals surface area contributed by atoms with Crippen molar-refractivity contribution in [1.29, 1.82) is 0 Å². The third-order valence-electron chi connectivity index (χ3n) is 1.94. The van der Waals surface area contributed by atoms with Gasteiger partial charge in [0.15, 0.2) is 11.5 Å². The predicted octanol–water partition coefficient (Wildman–Crippen LogP) is 2.73. The van der Waals surface area contributed by atoms with Crippen molar-refractivity contribution in [2.45, 2.75) is 0 Å². The molecule has 0 N–H and O–H groups in total. The number of rotatable bonds is 9. The molecule has 18 heavy (non-hydrogen) atoms. The Bertz CT molecular complexity index is 321. The summed E-state index contributed by atoms with van der Waals surface area (Å²) in [5.74, 6) is 0.659. The fourth-order valence-corrected chi connectivity index (χ4v) is 1.30. The molecule has 1 aromatic rings. The van der Waals surface area contributed by atoms with Crippen molar-refractivity contribution in [3.05, 3.63) is 18.2 Å². The second-order valence-electron chi connectivity index (χ2n) is 3.20. The third kappa shape index (κ3) is 4.35. The summed E-state index contributed by atoms with van der Waals surface area (Å²) in [4.78, 5) is 0. The van der Waals surface area contributed by atoms with Gasteiger partial charge >= 0.3 is 0 Å². The Morgan fingerprint density at radius 2 is 1.17 bits per heavy atom. The van der Waals surface area contributed by atoms with Crippen molar-refractivity contribution in [3.8, 4) is 17.2 Å². The summed E-state index contributed by atoms with van der Waals surface area (Å²) >= 11 is 0. The minimum atomic E-state index is -0.681. The molecule has 1 aromatic carbocycles. The van der Waals surface area contributed by atoms with E-state index in [9.17, 15) is 13.2 Å². The fraction of sp³-hybridized carbons (Fsp3) is 0.500. The third-order valence-corrected chi connectivity index (χ3v) is 1.94. The standard InChI is InChI=1S/C12H15F3O3/c13-4-7-16-10-2-1-3-11(17-8-5-14)12(10)18-9-6-15/h1-3H,4-9H2. The van der Waals surface area contributed by atoms with Crippen LogP contribution in [0.5, 0.6) is 17.2 Å². The van der Waals surface area contributed by atoms with Gasteiger partial charge in [0.1, 0.15) is 39.8 Å². The first kappa shape index (κ1) is 14.5. The van der Waals surface area contributed by atoms with Crippen LogP contribution in [0, 0.1) is 0 Å². The Hall–Kier alpha value is -1.59. The highest BCUT2D eigenvalue weighted by Gasteiger charge is 2.12. The normalized spacial score (nSPS) is 10.2. The first-order valence-electron chi connectivity index (χ1n) is 5.52. The van der Waals surface area contributed by atoms with Gasteiger partial charge in [-0.1, -0.05) is 6.07 Å². The number of alkyl halides is 3. The molecule has 0 spiro atoms. The summed E-state index contributed by atoms with van der Waals surface area (Å²) in [6.07, 6.45) is 0. The van der Waals surface area contributed by atoms with Gasteiger partial charge in [0.25, 0.3) is 0 Å². The van der Waals surface area contributed by atoms with Gasteiger partial charge in [0, 0.05) is 0 Å². The zero-order valence-electron chi connectivity index (χ0n) is 9.83. The Balaban J connectivity index is 2.85. The van der Waals surface area contributed by atoms with Crippen LogP contribution in [-0.4, -0.2) is 39.8 Å². The van der Waals surface area contributed by atoms with E-state index in [1.54, 1.807) is 18.2 Å². The van der Waals surface area contributed by atoms with Crippen LogP contribution in [0.25, 0.3) is 0 Å². The van der Waals surface area contributed by atoms with Gasteiger partial charge in [0.05, 0.1) is 0 Å². The Kier molecular flexibility index (Phi) is 6.83. The van der Waals surface area contributed by atoms with Crippen molar-refractivity contribution < 1.29 is 27.4 Å². The zero-order chi connectivity index (χ0) is 13.2. The molecule has 6 heteroatoms. The van der Waals surface area contributed by atoms with Crippen LogP contribution in [-0.2, 0) is 0 Å². The largest absolute Gasteiger partial charge is 0.487 e. The number of hydrogen-bond acceptors (Lipinski definition) is 3. The molecule has 0 aliphatic rings. The van der Waals surface area contributed by atoms with E-state index < -0.39 is 20.0 Å². The average Bonchev–Trinajstić information content (AvgIpc) is 2.41. The summed E-state index contributed by atoms with van der Waals surface area (Å²) in [5.41, 5.74) is 0. The van der Waals surface area contributed by atoms with Crippen LogP contribution >= 0.6 is 0 Å². The van der Waals surface area contributed by atoms with E-state index in [1.807, 2.05) is 0 Å². The molecular weight excluding hydrogens is 249 g/mol. The quantitative estimate of drug-likeness (QED) is 0.686. The molecule has 0 amide bonds. The lowest BCUT2D eigenvalue weighted by atomic mass is 10.3. The lowest BCUT2D eigenvalue weighted by molar-refractivity contribution is 0.214. The number of hydrogen-bond donors (Lipinski definition) is 0. The maximum Gasteiger partial charge on any atom is 0.203 e. The van der Waals surface area contributed by atoms with E-state index in [2.05, 4.69) is 0 Å². The number of para-hydroxylation sites is 1. The first-order valence-corrected chi connectivity index (χ1v) is 5.52. The molecule has 1 rings (SSSR count). The summed E-state index contributed by atoms with van der Waals surface area (Å²) in [6.45, 7) is -2.45. The van der Waals surface area contributed by atoms with Gasteiger partial charge < -0.3 is 14.2 Å². The minimum absolute atomic E-state index is 0.140. The topological polar surface area (TPSA) is 27.7 Å². The van der Waals surface area contributed by atoms with E-state index in [1.165, 1.54) is 0 Å². The van der Waals surface area contributed by atoms with Crippen LogP contribution in [0.4, 0.5) is 13.2 Å². The number of halogens is 3. The van der Waals surface area contributed by atoms with Crippen molar-refractivity contribution >= 4 is 0 Å². The van der Waals surface area contributed by atoms with E-state index in [0.717, 1.165) is 0 Å². The molecule has 0 atom stereocenters. The van der Waals surface area contributed by atoms with Crippen LogP contribution in [0.3, 0.4) is 0 Å². The van der Waals surface area contributed by atoms with Crippen molar-refractivity contribution in [3.63, 3.8) is 0 Å². The molecule has 0 fully saturated rings. The molecule has 0 aliphatic carbocycles. The molecule has 0 aliphatic heterocycles. The van der Waals surface area contributed by atoms with E-state index >= 15 is 0 Å². The molecule has 0 unspecified atom stereocenters.